The monoisotopic (exact) mass is 796 g/mol. The first kappa shape index (κ1) is 37.9. The van der Waals surface area contributed by atoms with Crippen molar-refractivity contribution in [3.8, 4) is 33.9 Å². The molecule has 4 nitrogen and oxygen atoms in total. The molecule has 6 aromatic carbocycles. The van der Waals surface area contributed by atoms with Gasteiger partial charge >= 0.3 is 0 Å². The first-order valence-electron chi connectivity index (χ1n) is 21.9. The Kier molecular flexibility index (Phi) is 7.77. The summed E-state index contributed by atoms with van der Waals surface area (Å²) in [5.41, 5.74) is 19.5. The van der Waals surface area contributed by atoms with Crippen molar-refractivity contribution < 1.29 is 9.15 Å². The van der Waals surface area contributed by atoms with Crippen molar-refractivity contribution in [2.45, 2.75) is 97.8 Å². The highest BCUT2D eigenvalue weighted by molar-refractivity contribution is 6.99. The van der Waals surface area contributed by atoms with Crippen LogP contribution in [0.5, 0.6) is 11.5 Å². The number of para-hydroxylation sites is 2. The molecule has 0 aliphatic carbocycles. The largest absolute Gasteiger partial charge is 0.458 e. The molecular formula is C56H53BN2O2. The average Bonchev–Trinajstić information content (AvgIpc) is 3.61. The third kappa shape index (κ3) is 5.55. The van der Waals surface area contributed by atoms with Crippen LogP contribution < -0.4 is 26.0 Å². The van der Waals surface area contributed by atoms with Crippen molar-refractivity contribution in [2.24, 2.45) is 0 Å². The Hall–Kier alpha value is -6.07. The van der Waals surface area contributed by atoms with Gasteiger partial charge in [-0.2, -0.15) is 0 Å². The van der Waals surface area contributed by atoms with Gasteiger partial charge < -0.3 is 14.1 Å². The Morgan fingerprint density at radius 3 is 1.89 bits per heavy atom. The van der Waals surface area contributed by atoms with Gasteiger partial charge in [-0.1, -0.05) is 149 Å². The maximum absolute atomic E-state index is 7.18. The first-order valence-corrected chi connectivity index (χ1v) is 21.9. The molecule has 8 aromatic rings. The number of hydrogen-bond donors (Lipinski definition) is 0. The summed E-state index contributed by atoms with van der Waals surface area (Å²) in [4.78, 5) is 7.29. The van der Waals surface area contributed by atoms with Gasteiger partial charge in [-0.25, -0.2) is 0 Å². The van der Waals surface area contributed by atoms with Gasteiger partial charge in [-0.05, 0) is 108 Å². The Bertz CT molecular complexity index is 3150. The minimum Gasteiger partial charge on any atom is -0.458 e. The summed E-state index contributed by atoms with van der Waals surface area (Å²) in [5.74, 6) is 1.81. The fraction of sp³-hybridized carbons (Fsp3) is 0.268. The number of aromatic nitrogens is 1. The van der Waals surface area contributed by atoms with Gasteiger partial charge in [0.1, 0.15) is 22.7 Å². The lowest BCUT2D eigenvalue weighted by atomic mass is 9.33. The van der Waals surface area contributed by atoms with Gasteiger partial charge in [0.05, 0.1) is 11.4 Å². The van der Waals surface area contributed by atoms with Gasteiger partial charge in [0.15, 0.2) is 0 Å². The molecule has 0 spiro atoms. The standard InChI is InChI=1S/C56H53BN2O2/c1-53(2,3)33-21-23-45-40(28-33)56(10,11)41-29-35(55(7,8)9)31-43-50(41)59(45)46-26-32(27-48-49(46)57(43)42-30-34(54(4,5)6)22-24-47(42)60-48)36-16-14-17-37-38-18-15-19-39(52(38)61-51(36)37)44-20-12-13-25-58-44/h12-31H,1-11H3. The molecule has 0 saturated heterocycles. The molecule has 302 valence electrons. The summed E-state index contributed by atoms with van der Waals surface area (Å²) in [6.45, 7) is 25.8. The van der Waals surface area contributed by atoms with Crippen LogP contribution in [0.25, 0.3) is 44.3 Å². The Labute approximate surface area is 360 Å². The Morgan fingerprint density at radius 1 is 0.557 bits per heavy atom. The highest BCUT2D eigenvalue weighted by atomic mass is 16.5. The minimum absolute atomic E-state index is 0.000104. The van der Waals surface area contributed by atoms with E-state index in [4.69, 9.17) is 14.1 Å². The van der Waals surface area contributed by atoms with Crippen molar-refractivity contribution >= 4 is 62.1 Å². The number of benzene rings is 6. The molecule has 0 amide bonds. The quantitative estimate of drug-likeness (QED) is 0.163. The van der Waals surface area contributed by atoms with E-state index < -0.39 is 0 Å². The minimum atomic E-state index is -0.261. The van der Waals surface area contributed by atoms with Crippen molar-refractivity contribution in [3.63, 3.8) is 0 Å². The fourth-order valence-electron chi connectivity index (χ4n) is 10.3. The average molecular weight is 797 g/mol. The zero-order valence-electron chi connectivity index (χ0n) is 37.3. The molecule has 5 heteroatoms. The van der Waals surface area contributed by atoms with E-state index in [0.717, 1.165) is 61.5 Å². The molecule has 3 aliphatic heterocycles. The van der Waals surface area contributed by atoms with Crippen LogP contribution in [0.2, 0.25) is 0 Å². The molecular weight excluding hydrogens is 743 g/mol. The summed E-state index contributed by atoms with van der Waals surface area (Å²) in [6.07, 6.45) is 1.84. The van der Waals surface area contributed by atoms with Crippen LogP contribution in [0.3, 0.4) is 0 Å². The van der Waals surface area contributed by atoms with Gasteiger partial charge in [0, 0.05) is 44.9 Å². The van der Waals surface area contributed by atoms with E-state index in [1.54, 1.807) is 0 Å². The van der Waals surface area contributed by atoms with E-state index in [2.05, 4.69) is 178 Å². The van der Waals surface area contributed by atoms with Crippen LogP contribution in [0.1, 0.15) is 104 Å². The molecule has 5 heterocycles. The number of pyridine rings is 1. The number of rotatable bonds is 2. The summed E-state index contributed by atoms with van der Waals surface area (Å²) >= 11 is 0. The molecule has 0 fully saturated rings. The van der Waals surface area contributed by atoms with E-state index in [9.17, 15) is 0 Å². The van der Waals surface area contributed by atoms with Crippen LogP contribution in [-0.4, -0.2) is 11.7 Å². The normalized spacial score (nSPS) is 15.0. The van der Waals surface area contributed by atoms with E-state index in [1.807, 2.05) is 24.4 Å². The van der Waals surface area contributed by atoms with Crippen LogP contribution >= 0.6 is 0 Å². The smallest absolute Gasteiger partial charge is 0.256 e. The second kappa shape index (κ2) is 12.5. The zero-order chi connectivity index (χ0) is 42.5. The molecule has 0 saturated carbocycles. The van der Waals surface area contributed by atoms with Crippen molar-refractivity contribution in [1.82, 2.24) is 4.98 Å². The lowest BCUT2D eigenvalue weighted by molar-refractivity contribution is 0.486. The van der Waals surface area contributed by atoms with Crippen LogP contribution in [-0.2, 0) is 21.7 Å². The molecule has 2 aromatic heterocycles. The van der Waals surface area contributed by atoms with Crippen LogP contribution in [0.15, 0.2) is 126 Å². The predicted octanol–water partition coefficient (Wildman–Crippen LogP) is 13.3. The van der Waals surface area contributed by atoms with Gasteiger partial charge in [-0.3, -0.25) is 4.98 Å². The molecule has 0 unspecified atom stereocenters. The SMILES string of the molecule is CC(C)(C)c1ccc2c(c1)B1c3cc(C(C)(C)C)cc4c3N(c3ccc(C(C)(C)C)cc3C4(C)C)c3cc(-c4cccc5c4oc4c(-c6ccccn6)cccc45)cc(c31)O2. The summed E-state index contributed by atoms with van der Waals surface area (Å²) in [5, 5.41) is 2.16. The lowest BCUT2D eigenvalue weighted by Crippen LogP contribution is -2.61. The molecule has 11 rings (SSSR count). The van der Waals surface area contributed by atoms with E-state index in [1.165, 1.54) is 55.6 Å². The number of nitrogens with zero attached hydrogens (tertiary/aromatic N) is 2. The highest BCUT2D eigenvalue weighted by Crippen LogP contribution is 2.55. The van der Waals surface area contributed by atoms with Crippen LogP contribution in [0.4, 0.5) is 17.1 Å². The summed E-state index contributed by atoms with van der Waals surface area (Å²) < 4.78 is 14.2. The topological polar surface area (TPSA) is 38.5 Å². The van der Waals surface area contributed by atoms with Crippen molar-refractivity contribution in [2.75, 3.05) is 4.90 Å². The lowest BCUT2D eigenvalue weighted by Gasteiger charge is -2.49. The first-order chi connectivity index (χ1) is 28.9. The molecule has 0 atom stereocenters. The molecule has 3 aliphatic rings. The maximum atomic E-state index is 7.18. The molecule has 0 radical (unpaired) electrons. The fourth-order valence-corrected chi connectivity index (χ4v) is 10.3. The Morgan fingerprint density at radius 2 is 1.20 bits per heavy atom. The number of ether oxygens (including phenoxy) is 1. The van der Waals surface area contributed by atoms with Crippen molar-refractivity contribution in [3.05, 3.63) is 149 Å². The Balaban J connectivity index is 1.24. The number of furan rings is 1. The van der Waals surface area contributed by atoms with Gasteiger partial charge in [0.2, 0.25) is 0 Å². The van der Waals surface area contributed by atoms with Gasteiger partial charge in [-0.15, -0.1) is 0 Å². The summed E-state index contributed by atoms with van der Waals surface area (Å²) in [6, 6.07) is 42.8. The molecule has 61 heavy (non-hydrogen) atoms. The number of anilines is 3. The third-order valence-corrected chi connectivity index (χ3v) is 13.8. The third-order valence-electron chi connectivity index (χ3n) is 13.8. The van der Waals surface area contributed by atoms with E-state index in [0.29, 0.717) is 0 Å². The molecule has 0 N–H and O–H groups in total. The number of hydrogen-bond acceptors (Lipinski definition) is 4. The predicted molar refractivity (Wildman–Crippen MR) is 256 cm³/mol. The second-order valence-corrected chi connectivity index (χ2v) is 21.3. The second-order valence-electron chi connectivity index (χ2n) is 21.3. The van der Waals surface area contributed by atoms with E-state index in [-0.39, 0.29) is 28.4 Å². The summed E-state index contributed by atoms with van der Waals surface area (Å²) in [7, 11) is 0. The van der Waals surface area contributed by atoms with E-state index >= 15 is 0 Å². The zero-order valence-corrected chi connectivity index (χ0v) is 37.3. The highest BCUT2D eigenvalue weighted by Gasteiger charge is 2.49. The van der Waals surface area contributed by atoms with Gasteiger partial charge in [0.25, 0.3) is 6.71 Å². The van der Waals surface area contributed by atoms with Crippen molar-refractivity contribution in [1.29, 1.82) is 0 Å². The number of fused-ring (bicyclic) bond motifs is 9. The maximum Gasteiger partial charge on any atom is 0.256 e. The molecule has 0 bridgehead atoms. The van der Waals surface area contributed by atoms with Crippen LogP contribution in [0, 0.1) is 0 Å².